The van der Waals surface area contributed by atoms with Gasteiger partial charge in [-0.25, -0.2) is 0 Å². The van der Waals surface area contributed by atoms with Crippen molar-refractivity contribution in [2.24, 2.45) is 11.3 Å². The third kappa shape index (κ3) is 3.64. The maximum absolute atomic E-state index is 4.30. The van der Waals surface area contributed by atoms with E-state index in [0.29, 0.717) is 5.92 Å². The molecule has 1 aromatic carbocycles. The van der Waals surface area contributed by atoms with E-state index in [1.165, 1.54) is 45.7 Å². The van der Waals surface area contributed by atoms with Gasteiger partial charge in [-0.15, -0.1) is 0 Å². The highest BCUT2D eigenvalue weighted by atomic mass is 32.2. The van der Waals surface area contributed by atoms with Gasteiger partial charge in [-0.2, -0.15) is 11.8 Å². The van der Waals surface area contributed by atoms with E-state index in [1.807, 2.05) is 11.8 Å². The Hall–Kier alpha value is -1.67. The van der Waals surface area contributed by atoms with Gasteiger partial charge in [0.05, 0.1) is 0 Å². The van der Waals surface area contributed by atoms with Gasteiger partial charge in [0.1, 0.15) is 0 Å². The van der Waals surface area contributed by atoms with Gasteiger partial charge in [0.25, 0.3) is 0 Å². The molecule has 1 aromatic rings. The van der Waals surface area contributed by atoms with Gasteiger partial charge in [0.2, 0.25) is 0 Å². The molecule has 0 saturated heterocycles. The molecule has 2 aliphatic rings. The average Bonchev–Trinajstić information content (AvgIpc) is 2.62. The molecule has 0 aromatic heterocycles. The van der Waals surface area contributed by atoms with E-state index in [-0.39, 0.29) is 5.41 Å². The van der Waals surface area contributed by atoms with Gasteiger partial charge in [0.15, 0.2) is 0 Å². The molecule has 1 aliphatic carbocycles. The lowest BCUT2D eigenvalue weighted by atomic mass is 9.63. The molecule has 1 nitrogen and oxygen atoms in total. The minimum absolute atomic E-state index is 0.101. The van der Waals surface area contributed by atoms with Crippen LogP contribution in [0.25, 0.3) is 5.70 Å². The van der Waals surface area contributed by atoms with E-state index in [0.717, 1.165) is 29.7 Å². The summed E-state index contributed by atoms with van der Waals surface area (Å²) in [4.78, 5) is 0. The number of thioether (sulfide) groups is 1. The Balaban J connectivity index is 2.17. The Kier molecular flexibility index (Phi) is 6.00. The molecule has 1 atom stereocenters. The first-order chi connectivity index (χ1) is 13.2. The van der Waals surface area contributed by atoms with Crippen LogP contribution in [-0.2, 0) is 12.8 Å². The zero-order valence-corrected chi connectivity index (χ0v) is 19.3. The van der Waals surface area contributed by atoms with Crippen molar-refractivity contribution < 1.29 is 0 Å². The number of fused-ring (bicyclic) bond motifs is 2. The van der Waals surface area contributed by atoms with Crippen LogP contribution in [0.15, 0.2) is 53.8 Å². The third-order valence-electron chi connectivity index (χ3n) is 6.69. The predicted molar refractivity (Wildman–Crippen MR) is 127 cm³/mol. The second-order valence-corrected chi connectivity index (χ2v) is 10.00. The Morgan fingerprint density at radius 3 is 2.64 bits per heavy atom. The molecular formula is C26H35NS. The Morgan fingerprint density at radius 1 is 1.32 bits per heavy atom. The molecule has 0 radical (unpaired) electrons. The lowest BCUT2D eigenvalue weighted by Gasteiger charge is -2.44. The van der Waals surface area contributed by atoms with Crippen LogP contribution in [0, 0.1) is 18.3 Å². The van der Waals surface area contributed by atoms with E-state index >= 15 is 0 Å². The molecule has 3 rings (SSSR count). The molecule has 1 aliphatic heterocycles. The Bertz CT molecular complexity index is 884. The zero-order chi connectivity index (χ0) is 20.6. The lowest BCUT2D eigenvalue weighted by Crippen LogP contribution is -2.37. The van der Waals surface area contributed by atoms with Crippen molar-refractivity contribution in [2.75, 3.05) is 12.0 Å². The van der Waals surface area contributed by atoms with Crippen LogP contribution >= 0.6 is 11.8 Å². The van der Waals surface area contributed by atoms with Crippen molar-refractivity contribution in [3.8, 4) is 0 Å². The van der Waals surface area contributed by atoms with Crippen LogP contribution in [0.2, 0.25) is 0 Å². The van der Waals surface area contributed by atoms with Crippen molar-refractivity contribution in [1.29, 1.82) is 0 Å². The normalized spacial score (nSPS) is 21.2. The van der Waals surface area contributed by atoms with Crippen LogP contribution in [0.5, 0.6) is 0 Å². The number of hydrogen-bond donors (Lipinski definition) is 1. The predicted octanol–water partition coefficient (Wildman–Crippen LogP) is 6.84. The van der Waals surface area contributed by atoms with Crippen molar-refractivity contribution in [3.63, 3.8) is 0 Å². The van der Waals surface area contributed by atoms with Gasteiger partial charge < -0.3 is 5.32 Å². The monoisotopic (exact) mass is 393 g/mol. The number of aryl methyl sites for hydroxylation is 2. The molecule has 0 saturated carbocycles. The summed E-state index contributed by atoms with van der Waals surface area (Å²) in [5.74, 6) is 1.76. The summed E-state index contributed by atoms with van der Waals surface area (Å²) < 4.78 is 0. The van der Waals surface area contributed by atoms with Crippen LogP contribution in [0.4, 0.5) is 0 Å². The smallest absolute Gasteiger partial charge is 0.0499 e. The second-order valence-electron chi connectivity index (χ2n) is 9.01. The number of nitrogens with one attached hydrogen (secondary N) is 1. The Morgan fingerprint density at radius 2 is 2.04 bits per heavy atom. The van der Waals surface area contributed by atoms with Crippen molar-refractivity contribution in [2.45, 2.75) is 53.9 Å². The van der Waals surface area contributed by atoms with Crippen LogP contribution in [-0.4, -0.2) is 12.0 Å². The number of dihydropyridines is 1. The lowest BCUT2D eigenvalue weighted by molar-refractivity contribution is 0.276. The first kappa shape index (κ1) is 21.0. The van der Waals surface area contributed by atoms with Gasteiger partial charge in [-0.3, -0.25) is 0 Å². The maximum atomic E-state index is 4.30. The van der Waals surface area contributed by atoms with Crippen LogP contribution in [0.3, 0.4) is 0 Å². The quantitative estimate of drug-likeness (QED) is 0.531. The van der Waals surface area contributed by atoms with E-state index in [1.54, 1.807) is 0 Å². The van der Waals surface area contributed by atoms with E-state index in [9.17, 15) is 0 Å². The van der Waals surface area contributed by atoms with Gasteiger partial charge in [0, 0.05) is 27.9 Å². The topological polar surface area (TPSA) is 12.0 Å². The molecule has 28 heavy (non-hydrogen) atoms. The molecule has 0 bridgehead atoms. The minimum atomic E-state index is 0.101. The molecule has 1 N–H and O–H groups in total. The number of allylic oxidation sites excluding steroid dienone is 3. The summed E-state index contributed by atoms with van der Waals surface area (Å²) >= 11 is 1.93. The summed E-state index contributed by atoms with van der Waals surface area (Å²) in [6.07, 6.45) is 8.01. The fourth-order valence-electron chi connectivity index (χ4n) is 4.51. The zero-order valence-electron chi connectivity index (χ0n) is 18.5. The first-order valence-corrected chi connectivity index (χ1v) is 11.8. The molecule has 2 heteroatoms. The molecule has 150 valence electrons. The van der Waals surface area contributed by atoms with Crippen LogP contribution in [0.1, 0.15) is 56.4 Å². The molecule has 0 fully saturated rings. The number of rotatable bonds is 6. The van der Waals surface area contributed by atoms with Crippen molar-refractivity contribution in [3.05, 3.63) is 76.0 Å². The highest BCUT2D eigenvalue weighted by Crippen LogP contribution is 2.50. The molecule has 0 amide bonds. The van der Waals surface area contributed by atoms with Gasteiger partial charge in [-0.1, -0.05) is 40.0 Å². The summed E-state index contributed by atoms with van der Waals surface area (Å²) in [6, 6.07) is 4.89. The maximum Gasteiger partial charge on any atom is 0.0499 e. The standard InChI is InChI=1S/C26H35NS/c1-16(2)22-14-24-25(27-19(22)6)23-13-20(10-9-11-28-8)18(5)12-21(23)15-26(24,7)17(3)4/h12-14,17,27H,1,6,9-11,15H2,2-5,7-8H3. The first-order valence-electron chi connectivity index (χ1n) is 10.4. The highest BCUT2D eigenvalue weighted by molar-refractivity contribution is 7.98. The summed E-state index contributed by atoms with van der Waals surface area (Å²) in [5.41, 5.74) is 11.7. The number of hydrogen-bond acceptors (Lipinski definition) is 2. The molecular weight excluding hydrogens is 358 g/mol. The fourth-order valence-corrected chi connectivity index (χ4v) is 4.94. The SMILES string of the molecule is C=C(C)C1=CC2=C(NC1=C)c1cc(CCCSC)c(C)cc1CC2(C)C(C)C. The summed E-state index contributed by atoms with van der Waals surface area (Å²) in [5, 5.41) is 3.68. The van der Waals surface area contributed by atoms with E-state index in [4.69, 9.17) is 0 Å². The summed E-state index contributed by atoms with van der Waals surface area (Å²) in [6.45, 7) is 19.9. The fraction of sp³-hybridized carbons (Fsp3) is 0.462. The molecule has 1 unspecified atom stereocenters. The average molecular weight is 394 g/mol. The van der Waals surface area contributed by atoms with E-state index in [2.05, 4.69) is 77.6 Å². The molecule has 1 heterocycles. The summed E-state index contributed by atoms with van der Waals surface area (Å²) in [7, 11) is 0. The minimum Gasteiger partial charge on any atom is -0.355 e. The van der Waals surface area contributed by atoms with Gasteiger partial charge >= 0.3 is 0 Å². The van der Waals surface area contributed by atoms with Crippen molar-refractivity contribution in [1.82, 2.24) is 5.32 Å². The van der Waals surface area contributed by atoms with Crippen LogP contribution < -0.4 is 5.32 Å². The number of benzene rings is 1. The largest absolute Gasteiger partial charge is 0.355 e. The third-order valence-corrected chi connectivity index (χ3v) is 7.39. The van der Waals surface area contributed by atoms with E-state index < -0.39 is 0 Å². The highest BCUT2D eigenvalue weighted by Gasteiger charge is 2.40. The van der Waals surface area contributed by atoms with Crippen molar-refractivity contribution >= 4 is 17.5 Å². The Labute approximate surface area is 176 Å². The molecule has 0 spiro atoms. The second kappa shape index (κ2) is 7.99. The van der Waals surface area contributed by atoms with Gasteiger partial charge in [-0.05, 0) is 91.0 Å².